The molecule has 0 saturated heterocycles. The van der Waals surface area contributed by atoms with Crippen LogP contribution in [0.3, 0.4) is 0 Å². The number of hydrogen-bond acceptors (Lipinski definition) is 2. The largest absolute Gasteiger partial charge is 0.396 e. The number of nitrogens with two attached hydrogens (primary N) is 1. The van der Waals surface area contributed by atoms with Gasteiger partial charge in [-0.3, -0.25) is 0 Å². The van der Waals surface area contributed by atoms with Gasteiger partial charge in [0.25, 0.3) is 0 Å². The zero-order valence-electron chi connectivity index (χ0n) is 6.87. The smallest absolute Gasteiger partial charge is 0.0431 e. The van der Waals surface area contributed by atoms with Gasteiger partial charge in [0, 0.05) is 12.6 Å². The van der Waals surface area contributed by atoms with Gasteiger partial charge in [-0.15, -0.1) is 0 Å². The minimum absolute atomic E-state index is 0.272. The van der Waals surface area contributed by atoms with Gasteiger partial charge >= 0.3 is 0 Å². The van der Waals surface area contributed by atoms with Crippen molar-refractivity contribution in [1.29, 1.82) is 0 Å². The van der Waals surface area contributed by atoms with Gasteiger partial charge in [0.2, 0.25) is 0 Å². The van der Waals surface area contributed by atoms with E-state index >= 15 is 0 Å². The maximum Gasteiger partial charge on any atom is 0.0431 e. The van der Waals surface area contributed by atoms with Crippen LogP contribution in [0, 0.1) is 5.92 Å². The van der Waals surface area contributed by atoms with Crippen LogP contribution < -0.4 is 5.73 Å². The van der Waals surface area contributed by atoms with Crippen LogP contribution in [0.4, 0.5) is 0 Å². The highest BCUT2D eigenvalue weighted by Gasteiger charge is 2.17. The van der Waals surface area contributed by atoms with Gasteiger partial charge in [-0.05, 0) is 31.6 Å². The van der Waals surface area contributed by atoms with E-state index in [1.165, 1.54) is 0 Å². The Morgan fingerprint density at radius 2 is 2.09 bits per heavy atom. The number of hydrogen-bond donors (Lipinski definition) is 2. The molecule has 1 aliphatic rings. The molecule has 1 rings (SSSR count). The average molecular weight is 155 g/mol. The second-order valence-electron chi connectivity index (χ2n) is 3.23. The predicted molar refractivity (Wildman–Crippen MR) is 46.2 cm³/mol. The Balaban J connectivity index is 2.13. The molecular weight excluding hydrogens is 138 g/mol. The fourth-order valence-corrected chi connectivity index (χ4v) is 1.55. The van der Waals surface area contributed by atoms with Crippen molar-refractivity contribution in [2.75, 3.05) is 6.61 Å². The molecule has 1 unspecified atom stereocenters. The lowest BCUT2D eigenvalue weighted by atomic mass is 9.94. The molecule has 0 aromatic heterocycles. The molecule has 0 radical (unpaired) electrons. The first-order valence-corrected chi connectivity index (χ1v) is 4.36. The summed E-state index contributed by atoms with van der Waals surface area (Å²) in [6.45, 7) is 0.272. The highest BCUT2D eigenvalue weighted by atomic mass is 16.2. The van der Waals surface area contributed by atoms with Gasteiger partial charge < -0.3 is 10.8 Å². The lowest BCUT2D eigenvalue weighted by Crippen LogP contribution is -2.28. The van der Waals surface area contributed by atoms with Crippen molar-refractivity contribution in [3.63, 3.8) is 0 Å². The van der Waals surface area contributed by atoms with Gasteiger partial charge in [-0.2, -0.15) is 0 Å². The van der Waals surface area contributed by atoms with E-state index in [4.69, 9.17) is 10.8 Å². The van der Waals surface area contributed by atoms with Crippen molar-refractivity contribution >= 4 is 0 Å². The lowest BCUT2D eigenvalue weighted by molar-refractivity contribution is 0.270. The van der Waals surface area contributed by atoms with Crippen LogP contribution >= 0.6 is 0 Å². The van der Waals surface area contributed by atoms with Crippen molar-refractivity contribution < 1.29 is 5.11 Å². The first-order chi connectivity index (χ1) is 5.34. The SMILES string of the molecule is NC(CCCO)C1CC=CC1. The van der Waals surface area contributed by atoms with Crippen LogP contribution in [-0.2, 0) is 0 Å². The first-order valence-electron chi connectivity index (χ1n) is 4.36. The van der Waals surface area contributed by atoms with Crippen molar-refractivity contribution in [3.8, 4) is 0 Å². The van der Waals surface area contributed by atoms with Gasteiger partial charge in [0.05, 0.1) is 0 Å². The third-order valence-corrected chi connectivity index (χ3v) is 2.35. The Kier molecular flexibility index (Phi) is 3.60. The molecule has 1 atom stereocenters. The van der Waals surface area contributed by atoms with Crippen molar-refractivity contribution in [2.24, 2.45) is 11.7 Å². The molecule has 64 valence electrons. The molecule has 2 nitrogen and oxygen atoms in total. The Morgan fingerprint density at radius 1 is 1.45 bits per heavy atom. The maximum absolute atomic E-state index is 8.59. The highest BCUT2D eigenvalue weighted by molar-refractivity contribution is 4.97. The Labute approximate surface area is 68.1 Å². The summed E-state index contributed by atoms with van der Waals surface area (Å²) >= 11 is 0. The van der Waals surface area contributed by atoms with E-state index in [0.29, 0.717) is 5.92 Å². The summed E-state index contributed by atoms with van der Waals surface area (Å²) in [6, 6.07) is 0.289. The Morgan fingerprint density at radius 3 is 2.64 bits per heavy atom. The topological polar surface area (TPSA) is 46.2 Å². The summed E-state index contributed by atoms with van der Waals surface area (Å²) in [4.78, 5) is 0. The number of aliphatic hydroxyl groups is 1. The standard InChI is InChI=1S/C9H17NO/c10-9(6-3-7-11)8-4-1-2-5-8/h1-2,8-9,11H,3-7,10H2. The third-order valence-electron chi connectivity index (χ3n) is 2.35. The monoisotopic (exact) mass is 155 g/mol. The molecule has 0 spiro atoms. The molecule has 0 fully saturated rings. The molecule has 0 saturated carbocycles. The molecule has 0 aromatic carbocycles. The van der Waals surface area contributed by atoms with E-state index in [1.807, 2.05) is 0 Å². The number of rotatable bonds is 4. The molecule has 0 bridgehead atoms. The Bertz CT molecular complexity index is 126. The van der Waals surface area contributed by atoms with E-state index < -0.39 is 0 Å². The predicted octanol–water partition coefficient (Wildman–Crippen LogP) is 1.05. The normalized spacial score (nSPS) is 20.9. The summed E-state index contributed by atoms with van der Waals surface area (Å²) in [5.74, 6) is 0.640. The summed E-state index contributed by atoms with van der Waals surface area (Å²) in [5, 5.41) is 8.59. The van der Waals surface area contributed by atoms with Crippen LogP contribution in [0.5, 0.6) is 0 Å². The number of aliphatic hydroxyl groups excluding tert-OH is 1. The Hall–Kier alpha value is -0.340. The maximum atomic E-state index is 8.59. The van der Waals surface area contributed by atoms with Crippen LogP contribution in [0.2, 0.25) is 0 Å². The zero-order valence-corrected chi connectivity index (χ0v) is 6.87. The van der Waals surface area contributed by atoms with E-state index in [0.717, 1.165) is 25.7 Å². The van der Waals surface area contributed by atoms with Crippen LogP contribution in [0.15, 0.2) is 12.2 Å². The average Bonchev–Trinajstić information content (AvgIpc) is 2.52. The quantitative estimate of drug-likeness (QED) is 0.596. The summed E-state index contributed by atoms with van der Waals surface area (Å²) in [5.41, 5.74) is 5.91. The van der Waals surface area contributed by atoms with Crippen molar-refractivity contribution in [3.05, 3.63) is 12.2 Å². The molecule has 1 aliphatic carbocycles. The van der Waals surface area contributed by atoms with Gasteiger partial charge in [-0.1, -0.05) is 12.2 Å². The summed E-state index contributed by atoms with van der Waals surface area (Å²) in [7, 11) is 0. The molecule has 11 heavy (non-hydrogen) atoms. The summed E-state index contributed by atoms with van der Waals surface area (Å²) in [6.07, 6.45) is 8.46. The second-order valence-corrected chi connectivity index (χ2v) is 3.23. The summed E-state index contributed by atoms with van der Waals surface area (Å²) < 4.78 is 0. The van der Waals surface area contributed by atoms with Gasteiger partial charge in [0.1, 0.15) is 0 Å². The van der Waals surface area contributed by atoms with E-state index in [-0.39, 0.29) is 12.6 Å². The molecule has 0 aromatic rings. The van der Waals surface area contributed by atoms with E-state index in [1.54, 1.807) is 0 Å². The highest BCUT2D eigenvalue weighted by Crippen LogP contribution is 2.22. The minimum Gasteiger partial charge on any atom is -0.396 e. The van der Waals surface area contributed by atoms with E-state index in [9.17, 15) is 0 Å². The molecule has 0 aliphatic heterocycles. The number of allylic oxidation sites excluding steroid dienone is 2. The molecule has 2 heteroatoms. The molecule has 0 heterocycles. The van der Waals surface area contributed by atoms with Crippen LogP contribution in [0.1, 0.15) is 25.7 Å². The van der Waals surface area contributed by atoms with E-state index in [2.05, 4.69) is 12.2 Å². The van der Waals surface area contributed by atoms with Crippen LogP contribution in [-0.4, -0.2) is 17.8 Å². The molecule has 3 N–H and O–H groups in total. The lowest BCUT2D eigenvalue weighted by Gasteiger charge is -2.17. The molecule has 0 amide bonds. The minimum atomic E-state index is 0.272. The molecular formula is C9H17NO. The third kappa shape index (κ3) is 2.64. The second kappa shape index (κ2) is 4.52. The first kappa shape index (κ1) is 8.75. The fourth-order valence-electron chi connectivity index (χ4n) is 1.55. The van der Waals surface area contributed by atoms with Gasteiger partial charge in [-0.25, -0.2) is 0 Å². The van der Waals surface area contributed by atoms with Crippen LogP contribution in [0.25, 0.3) is 0 Å². The fraction of sp³-hybridized carbons (Fsp3) is 0.778. The van der Waals surface area contributed by atoms with Crippen molar-refractivity contribution in [2.45, 2.75) is 31.7 Å². The zero-order chi connectivity index (χ0) is 8.10. The van der Waals surface area contributed by atoms with Gasteiger partial charge in [0.15, 0.2) is 0 Å². The van der Waals surface area contributed by atoms with Crippen molar-refractivity contribution in [1.82, 2.24) is 0 Å².